The Balaban J connectivity index is 1.23. The van der Waals surface area contributed by atoms with E-state index >= 15 is 0 Å². The van der Waals surface area contributed by atoms with Gasteiger partial charge in [-0.3, -0.25) is 4.79 Å². The van der Waals surface area contributed by atoms with Crippen LogP contribution in [0.5, 0.6) is 0 Å². The molecule has 2 aliphatic heterocycles. The Kier molecular flexibility index (Phi) is 7.31. The Hall–Kier alpha value is -2.14. The molecule has 2 saturated heterocycles. The third kappa shape index (κ3) is 5.01. The number of piperazine rings is 1. The maximum absolute atomic E-state index is 13.2. The van der Waals surface area contributed by atoms with E-state index in [0.29, 0.717) is 43.6 Å². The minimum absolute atomic E-state index is 0.0622. The molecule has 2 aliphatic rings. The van der Waals surface area contributed by atoms with Gasteiger partial charge in [0.2, 0.25) is 10.0 Å². The molecule has 5 rings (SSSR count). The number of nitrogens with zero attached hydrogens (tertiary/aromatic N) is 4. The lowest BCUT2D eigenvalue weighted by Gasteiger charge is -2.35. The number of hydrogen-bond acceptors (Lipinski definition) is 7. The van der Waals surface area contributed by atoms with E-state index in [1.54, 1.807) is 51.7 Å². The third-order valence-electron chi connectivity index (χ3n) is 7.00. The monoisotopic (exact) mass is 544 g/mol. The Morgan fingerprint density at radius 3 is 2.31 bits per heavy atom. The minimum Gasteiger partial charge on any atom is -0.345 e. The molecule has 36 heavy (non-hydrogen) atoms. The number of carbonyl (C=O) groups excluding carboxylic acids is 1. The maximum Gasteiger partial charge on any atom is 0.253 e. The smallest absolute Gasteiger partial charge is 0.253 e. The number of thiazole rings is 1. The first kappa shape index (κ1) is 25.5. The molecule has 0 bridgehead atoms. The maximum atomic E-state index is 13.2. The fourth-order valence-electron chi connectivity index (χ4n) is 5.22. The highest BCUT2D eigenvalue weighted by molar-refractivity contribution is 7.98. The number of piperidine rings is 1. The van der Waals surface area contributed by atoms with E-state index in [1.165, 1.54) is 9.60 Å². The van der Waals surface area contributed by atoms with Gasteiger partial charge in [-0.2, -0.15) is 4.31 Å². The highest BCUT2D eigenvalue weighted by atomic mass is 32.2. The van der Waals surface area contributed by atoms with Gasteiger partial charge >= 0.3 is 0 Å². The molecule has 0 aliphatic carbocycles. The number of benzene rings is 2. The first-order chi connectivity index (χ1) is 17.3. The van der Waals surface area contributed by atoms with Gasteiger partial charge in [-0.15, -0.1) is 11.8 Å². The summed E-state index contributed by atoms with van der Waals surface area (Å²) in [7, 11) is -3.55. The molecule has 2 atom stereocenters. The molecule has 10 heteroatoms. The molecule has 0 spiro atoms. The Morgan fingerprint density at radius 2 is 1.67 bits per heavy atom. The van der Waals surface area contributed by atoms with Crippen LogP contribution in [0, 0.1) is 11.8 Å². The number of hydrogen-bond donors (Lipinski definition) is 0. The lowest BCUT2D eigenvalue weighted by Crippen LogP contribution is -2.48. The van der Waals surface area contributed by atoms with Crippen molar-refractivity contribution >= 4 is 54.4 Å². The molecule has 7 nitrogen and oxygen atoms in total. The van der Waals surface area contributed by atoms with E-state index in [1.807, 2.05) is 4.90 Å². The fourth-order valence-corrected chi connectivity index (χ4v) is 8.57. The van der Waals surface area contributed by atoms with Crippen molar-refractivity contribution in [3.63, 3.8) is 0 Å². The van der Waals surface area contributed by atoms with Crippen LogP contribution in [0.2, 0.25) is 0 Å². The molecule has 1 aromatic heterocycles. The molecule has 3 aromatic rings. The zero-order valence-electron chi connectivity index (χ0n) is 20.9. The van der Waals surface area contributed by atoms with Crippen LogP contribution in [0.15, 0.2) is 52.3 Å². The van der Waals surface area contributed by atoms with Gasteiger partial charge in [0.25, 0.3) is 5.91 Å². The van der Waals surface area contributed by atoms with E-state index in [-0.39, 0.29) is 10.8 Å². The number of aromatic nitrogens is 1. The predicted molar refractivity (Wildman–Crippen MR) is 148 cm³/mol. The van der Waals surface area contributed by atoms with Gasteiger partial charge in [-0.05, 0) is 60.9 Å². The van der Waals surface area contributed by atoms with Gasteiger partial charge in [-0.1, -0.05) is 31.3 Å². The van der Waals surface area contributed by atoms with Crippen molar-refractivity contribution in [1.29, 1.82) is 0 Å². The summed E-state index contributed by atoms with van der Waals surface area (Å²) >= 11 is 3.40. The van der Waals surface area contributed by atoms with E-state index in [4.69, 9.17) is 4.98 Å². The van der Waals surface area contributed by atoms with Crippen molar-refractivity contribution in [1.82, 2.24) is 14.2 Å². The highest BCUT2D eigenvalue weighted by Crippen LogP contribution is 2.34. The van der Waals surface area contributed by atoms with E-state index in [2.05, 4.69) is 43.2 Å². The number of sulfonamides is 1. The van der Waals surface area contributed by atoms with Gasteiger partial charge in [0.15, 0.2) is 5.13 Å². The molecule has 3 heterocycles. The molecule has 2 aromatic carbocycles. The standard InChI is InChI=1S/C26H32N4O3S3/c1-18-15-19(2)17-30(16-18)36(32,33)21-9-7-20(8-10-21)25(31)28-11-13-29(14-12-28)26-27-24-22(34-3)5-4-6-23(24)35-26/h4-10,18-19H,11-17H2,1-3H3. The van der Waals surface area contributed by atoms with Crippen LogP contribution in [0.3, 0.4) is 0 Å². The number of thioether (sulfide) groups is 1. The Bertz CT molecular complexity index is 1340. The first-order valence-electron chi connectivity index (χ1n) is 12.3. The van der Waals surface area contributed by atoms with E-state index in [0.717, 1.165) is 30.2 Å². The lowest BCUT2D eigenvalue weighted by atomic mass is 9.94. The quantitative estimate of drug-likeness (QED) is 0.436. The number of carbonyl (C=O) groups is 1. The summed E-state index contributed by atoms with van der Waals surface area (Å²) in [5, 5.41) is 0.995. The SMILES string of the molecule is CSc1cccc2sc(N3CCN(C(=O)c4ccc(S(=O)(=O)N5CC(C)CC(C)C5)cc4)CC3)nc12. The van der Waals surface area contributed by atoms with Gasteiger partial charge in [0, 0.05) is 49.7 Å². The second-order valence-electron chi connectivity index (χ2n) is 9.88. The summed E-state index contributed by atoms with van der Waals surface area (Å²) < 4.78 is 29.1. The zero-order chi connectivity index (χ0) is 25.4. The Labute approximate surface area is 221 Å². The first-order valence-corrected chi connectivity index (χ1v) is 15.8. The molecule has 2 unspecified atom stereocenters. The van der Waals surface area contributed by atoms with E-state index < -0.39 is 10.0 Å². The molecule has 0 N–H and O–H groups in total. The van der Waals surface area contributed by atoms with Gasteiger partial charge in [0.05, 0.1) is 15.1 Å². The zero-order valence-corrected chi connectivity index (χ0v) is 23.3. The Morgan fingerprint density at radius 1 is 1.00 bits per heavy atom. The molecule has 192 valence electrons. The van der Waals surface area contributed by atoms with Crippen molar-refractivity contribution in [2.75, 3.05) is 50.4 Å². The number of anilines is 1. The van der Waals surface area contributed by atoms with E-state index in [9.17, 15) is 13.2 Å². The van der Waals surface area contributed by atoms with Crippen LogP contribution in [0.4, 0.5) is 5.13 Å². The van der Waals surface area contributed by atoms with Crippen molar-refractivity contribution in [3.05, 3.63) is 48.0 Å². The van der Waals surface area contributed by atoms with Crippen molar-refractivity contribution in [3.8, 4) is 0 Å². The fraction of sp³-hybridized carbons (Fsp3) is 0.462. The van der Waals surface area contributed by atoms with Crippen LogP contribution in [0.25, 0.3) is 10.2 Å². The summed E-state index contributed by atoms with van der Waals surface area (Å²) in [6, 6.07) is 12.7. The largest absolute Gasteiger partial charge is 0.345 e. The van der Waals surface area contributed by atoms with Crippen LogP contribution >= 0.6 is 23.1 Å². The van der Waals surface area contributed by atoms with Gasteiger partial charge in [0.1, 0.15) is 0 Å². The summed E-state index contributed by atoms with van der Waals surface area (Å²) in [6.07, 6.45) is 3.11. The van der Waals surface area contributed by atoms with Crippen molar-refractivity contribution < 1.29 is 13.2 Å². The molecule has 2 fully saturated rings. The number of rotatable bonds is 5. The average molecular weight is 545 g/mol. The number of para-hydroxylation sites is 1. The second-order valence-corrected chi connectivity index (χ2v) is 13.7. The van der Waals surface area contributed by atoms with Crippen molar-refractivity contribution in [2.24, 2.45) is 11.8 Å². The van der Waals surface area contributed by atoms with Crippen LogP contribution < -0.4 is 4.90 Å². The summed E-state index contributed by atoms with van der Waals surface area (Å²) in [5.41, 5.74) is 1.57. The van der Waals surface area contributed by atoms with Crippen LogP contribution in [-0.4, -0.2) is 74.0 Å². The average Bonchev–Trinajstić information content (AvgIpc) is 3.32. The minimum atomic E-state index is -3.55. The molecular formula is C26H32N4O3S3. The molecule has 0 radical (unpaired) electrons. The molecule has 0 saturated carbocycles. The normalized spacial score (nSPS) is 21.8. The summed E-state index contributed by atoms with van der Waals surface area (Å²) in [6.45, 7) is 7.93. The van der Waals surface area contributed by atoms with Crippen LogP contribution in [-0.2, 0) is 10.0 Å². The number of fused-ring (bicyclic) bond motifs is 1. The second kappa shape index (κ2) is 10.3. The highest BCUT2D eigenvalue weighted by Gasteiger charge is 2.32. The lowest BCUT2D eigenvalue weighted by molar-refractivity contribution is 0.0746. The predicted octanol–water partition coefficient (Wildman–Crippen LogP) is 4.65. The summed E-state index contributed by atoms with van der Waals surface area (Å²) in [5.74, 6) is 0.629. The molecular weight excluding hydrogens is 513 g/mol. The van der Waals surface area contributed by atoms with Gasteiger partial charge in [-0.25, -0.2) is 13.4 Å². The number of amides is 1. The topological polar surface area (TPSA) is 73.8 Å². The third-order valence-corrected chi connectivity index (χ3v) is 10.7. The van der Waals surface area contributed by atoms with Crippen molar-refractivity contribution in [2.45, 2.75) is 30.1 Å². The summed E-state index contributed by atoms with van der Waals surface area (Å²) in [4.78, 5) is 23.5. The van der Waals surface area contributed by atoms with Gasteiger partial charge < -0.3 is 9.80 Å². The van der Waals surface area contributed by atoms with Crippen LogP contribution in [0.1, 0.15) is 30.6 Å². The molecule has 1 amide bonds.